The van der Waals surface area contributed by atoms with Crippen molar-refractivity contribution in [2.45, 2.75) is 13.3 Å². The summed E-state index contributed by atoms with van der Waals surface area (Å²) in [7, 11) is 0. The van der Waals surface area contributed by atoms with Gasteiger partial charge in [0.1, 0.15) is 0 Å². The summed E-state index contributed by atoms with van der Waals surface area (Å²) >= 11 is 1.86. The molecule has 4 rings (SSSR count). The zero-order valence-corrected chi connectivity index (χ0v) is 11.6. The van der Waals surface area contributed by atoms with Gasteiger partial charge >= 0.3 is 0 Å². The second-order valence-corrected chi connectivity index (χ2v) is 6.16. The zero-order chi connectivity index (χ0) is 12.8. The molecular weight excluding hydrogens is 248 g/mol. The lowest BCUT2D eigenvalue weighted by Gasteiger charge is -2.06. The van der Waals surface area contributed by atoms with E-state index in [1.165, 1.54) is 38.3 Å². The standard InChI is InChI=1S/C18H14S/c1-12-18-16-9-5-3-7-14(16)10-13-6-2-4-8-15(13)17(18)11-19-12/h2-9,11H,10H2,1H3. The first-order chi connectivity index (χ1) is 9.34. The number of hydrogen-bond acceptors (Lipinski definition) is 1. The molecule has 0 aliphatic heterocycles. The van der Waals surface area contributed by atoms with Gasteiger partial charge in [0.25, 0.3) is 0 Å². The molecule has 19 heavy (non-hydrogen) atoms. The van der Waals surface area contributed by atoms with E-state index < -0.39 is 0 Å². The van der Waals surface area contributed by atoms with E-state index in [0.29, 0.717) is 0 Å². The van der Waals surface area contributed by atoms with Crippen LogP contribution in [0.15, 0.2) is 53.9 Å². The minimum atomic E-state index is 1.03. The highest BCUT2D eigenvalue weighted by Gasteiger charge is 2.21. The Bertz CT molecular complexity index is 765. The first-order valence-corrected chi connectivity index (χ1v) is 7.47. The van der Waals surface area contributed by atoms with Gasteiger partial charge in [-0.3, -0.25) is 0 Å². The van der Waals surface area contributed by atoms with Crippen LogP contribution < -0.4 is 0 Å². The Labute approximate surface area is 117 Å². The average Bonchev–Trinajstić information content (AvgIpc) is 2.75. The van der Waals surface area contributed by atoms with Gasteiger partial charge in [0.15, 0.2) is 0 Å². The molecule has 1 aliphatic carbocycles. The Morgan fingerprint density at radius 1 is 0.789 bits per heavy atom. The second kappa shape index (κ2) is 4.07. The smallest absolute Gasteiger partial charge is 0.00991 e. The van der Waals surface area contributed by atoms with Crippen LogP contribution in [0.2, 0.25) is 0 Å². The van der Waals surface area contributed by atoms with Crippen molar-refractivity contribution in [3.63, 3.8) is 0 Å². The summed E-state index contributed by atoms with van der Waals surface area (Å²) < 4.78 is 0. The molecule has 0 bridgehead atoms. The molecular formula is C18H14S. The van der Waals surface area contributed by atoms with Crippen LogP contribution in [0.3, 0.4) is 0 Å². The van der Waals surface area contributed by atoms with Crippen LogP contribution in [-0.4, -0.2) is 0 Å². The fraction of sp³-hybridized carbons (Fsp3) is 0.111. The van der Waals surface area contributed by atoms with Crippen LogP contribution in [-0.2, 0) is 6.42 Å². The van der Waals surface area contributed by atoms with Crippen LogP contribution in [0, 0.1) is 6.92 Å². The summed E-state index contributed by atoms with van der Waals surface area (Å²) in [6.45, 7) is 2.23. The fourth-order valence-electron chi connectivity index (χ4n) is 3.05. The molecule has 0 spiro atoms. The highest BCUT2D eigenvalue weighted by molar-refractivity contribution is 7.11. The summed E-state index contributed by atoms with van der Waals surface area (Å²) in [6.07, 6.45) is 1.03. The lowest BCUT2D eigenvalue weighted by atomic mass is 9.97. The van der Waals surface area contributed by atoms with Gasteiger partial charge in [-0.15, -0.1) is 11.3 Å². The van der Waals surface area contributed by atoms with E-state index in [1.807, 2.05) is 11.3 Å². The lowest BCUT2D eigenvalue weighted by Crippen LogP contribution is -1.89. The first kappa shape index (κ1) is 11.0. The molecule has 0 atom stereocenters. The number of aryl methyl sites for hydroxylation is 1. The topological polar surface area (TPSA) is 0 Å². The summed E-state index contributed by atoms with van der Waals surface area (Å²) in [5, 5.41) is 2.31. The van der Waals surface area contributed by atoms with Gasteiger partial charge in [0.05, 0.1) is 0 Å². The number of rotatable bonds is 0. The van der Waals surface area contributed by atoms with Crippen molar-refractivity contribution in [2.24, 2.45) is 0 Å². The van der Waals surface area contributed by atoms with Gasteiger partial charge in [-0.1, -0.05) is 48.5 Å². The molecule has 0 radical (unpaired) electrons. The normalized spacial score (nSPS) is 12.3. The third-order valence-corrected chi connectivity index (χ3v) is 4.86. The van der Waals surface area contributed by atoms with E-state index in [4.69, 9.17) is 0 Å². The van der Waals surface area contributed by atoms with Crippen molar-refractivity contribution in [3.05, 3.63) is 69.9 Å². The van der Waals surface area contributed by atoms with E-state index in [1.54, 1.807) is 0 Å². The zero-order valence-electron chi connectivity index (χ0n) is 10.8. The molecule has 1 aromatic heterocycles. The Morgan fingerprint density at radius 3 is 2.21 bits per heavy atom. The van der Waals surface area contributed by atoms with Crippen LogP contribution >= 0.6 is 11.3 Å². The van der Waals surface area contributed by atoms with Crippen molar-refractivity contribution < 1.29 is 0 Å². The average molecular weight is 262 g/mol. The minimum absolute atomic E-state index is 1.03. The predicted octanol–water partition coefficient (Wildman–Crippen LogP) is 5.29. The van der Waals surface area contributed by atoms with Crippen molar-refractivity contribution in [3.8, 4) is 22.3 Å². The van der Waals surface area contributed by atoms with Gasteiger partial charge < -0.3 is 0 Å². The van der Waals surface area contributed by atoms with Crippen LogP contribution in [0.5, 0.6) is 0 Å². The van der Waals surface area contributed by atoms with Crippen molar-refractivity contribution in [1.29, 1.82) is 0 Å². The second-order valence-electron chi connectivity index (χ2n) is 5.07. The highest BCUT2D eigenvalue weighted by atomic mass is 32.1. The molecule has 92 valence electrons. The van der Waals surface area contributed by atoms with Gasteiger partial charge in [0.2, 0.25) is 0 Å². The Kier molecular flexibility index (Phi) is 2.36. The molecule has 0 amide bonds. The molecule has 0 N–H and O–H groups in total. The van der Waals surface area contributed by atoms with E-state index in [0.717, 1.165) is 6.42 Å². The van der Waals surface area contributed by atoms with Gasteiger partial charge in [0, 0.05) is 16.0 Å². The molecule has 1 aliphatic rings. The molecule has 1 heteroatoms. The monoisotopic (exact) mass is 262 g/mol. The Morgan fingerprint density at radius 2 is 1.42 bits per heavy atom. The van der Waals surface area contributed by atoms with Crippen molar-refractivity contribution in [1.82, 2.24) is 0 Å². The summed E-state index contributed by atoms with van der Waals surface area (Å²) in [4.78, 5) is 1.42. The van der Waals surface area contributed by atoms with Crippen molar-refractivity contribution in [2.75, 3.05) is 0 Å². The number of hydrogen-bond donors (Lipinski definition) is 0. The van der Waals surface area contributed by atoms with E-state index in [9.17, 15) is 0 Å². The summed E-state index contributed by atoms with van der Waals surface area (Å²) in [5.74, 6) is 0. The maximum absolute atomic E-state index is 2.31. The number of thiophene rings is 1. The third kappa shape index (κ3) is 1.58. The summed E-state index contributed by atoms with van der Waals surface area (Å²) in [5.41, 5.74) is 8.53. The maximum atomic E-state index is 2.31. The molecule has 0 nitrogen and oxygen atoms in total. The SMILES string of the molecule is Cc1scc2c1-c1ccccc1Cc1ccccc1-2. The largest absolute Gasteiger partial charge is 0.148 e. The quantitative estimate of drug-likeness (QED) is 0.403. The summed E-state index contributed by atoms with van der Waals surface area (Å²) in [6, 6.07) is 17.6. The molecule has 2 aromatic carbocycles. The van der Waals surface area contributed by atoms with E-state index in [2.05, 4.69) is 60.8 Å². The lowest BCUT2D eigenvalue weighted by molar-refractivity contribution is 1.21. The Hall–Kier alpha value is -1.86. The van der Waals surface area contributed by atoms with Crippen LogP contribution in [0.25, 0.3) is 22.3 Å². The molecule has 3 aromatic rings. The third-order valence-electron chi connectivity index (χ3n) is 3.95. The minimum Gasteiger partial charge on any atom is -0.148 e. The molecule has 0 unspecified atom stereocenters. The molecule has 0 saturated heterocycles. The maximum Gasteiger partial charge on any atom is 0.00991 e. The Balaban J connectivity index is 2.14. The number of benzene rings is 2. The first-order valence-electron chi connectivity index (χ1n) is 6.59. The molecule has 0 fully saturated rings. The predicted molar refractivity (Wildman–Crippen MR) is 82.7 cm³/mol. The van der Waals surface area contributed by atoms with Gasteiger partial charge in [-0.25, -0.2) is 0 Å². The van der Waals surface area contributed by atoms with Crippen LogP contribution in [0.4, 0.5) is 0 Å². The molecule has 0 saturated carbocycles. The number of fused-ring (bicyclic) bond motifs is 5. The van der Waals surface area contributed by atoms with Gasteiger partial charge in [-0.05, 0) is 41.0 Å². The van der Waals surface area contributed by atoms with E-state index in [-0.39, 0.29) is 0 Å². The molecule has 1 heterocycles. The van der Waals surface area contributed by atoms with Gasteiger partial charge in [-0.2, -0.15) is 0 Å². The van der Waals surface area contributed by atoms with E-state index >= 15 is 0 Å². The van der Waals surface area contributed by atoms with Crippen LogP contribution in [0.1, 0.15) is 16.0 Å². The fourth-order valence-corrected chi connectivity index (χ4v) is 3.93. The highest BCUT2D eigenvalue weighted by Crippen LogP contribution is 2.44. The van der Waals surface area contributed by atoms with Crippen molar-refractivity contribution >= 4 is 11.3 Å².